The number of benzene rings is 3. The summed E-state index contributed by atoms with van der Waals surface area (Å²) in [7, 11) is -3.19. The highest BCUT2D eigenvalue weighted by molar-refractivity contribution is 7.90. The molecule has 1 aromatic heterocycles. The summed E-state index contributed by atoms with van der Waals surface area (Å²) in [6.07, 6.45) is -5.94. The van der Waals surface area contributed by atoms with Crippen LogP contribution in [0.3, 0.4) is 0 Å². The first-order chi connectivity index (χ1) is 24.3. The summed E-state index contributed by atoms with van der Waals surface area (Å²) in [4.78, 5) is 29.1. The van der Waals surface area contributed by atoms with E-state index in [1.54, 1.807) is 80.1 Å². The van der Waals surface area contributed by atoms with E-state index in [9.17, 15) is 36.4 Å². The van der Waals surface area contributed by atoms with Crippen molar-refractivity contribution in [1.82, 2.24) is 19.5 Å². The molecule has 52 heavy (non-hydrogen) atoms. The summed E-state index contributed by atoms with van der Waals surface area (Å²) in [5.74, 6) is -0.578. The van der Waals surface area contributed by atoms with E-state index >= 15 is 0 Å². The normalized spacial score (nSPS) is 12.9. The van der Waals surface area contributed by atoms with Gasteiger partial charge in [-0.05, 0) is 63.6 Å². The lowest BCUT2D eigenvalue weighted by Gasteiger charge is -2.24. The van der Waals surface area contributed by atoms with Gasteiger partial charge in [0.2, 0.25) is 5.28 Å². The van der Waals surface area contributed by atoms with E-state index in [0.717, 1.165) is 39.0 Å². The molecule has 1 atom stereocenters. The van der Waals surface area contributed by atoms with Crippen molar-refractivity contribution in [3.05, 3.63) is 107 Å². The smallest absolute Gasteiger partial charge is 0.435 e. The first kappa shape index (κ1) is 39.1. The lowest BCUT2D eigenvalue weighted by Crippen LogP contribution is -2.43. The molecule has 14 nitrogen and oxygen atoms in total. The highest BCUT2D eigenvalue weighted by Gasteiger charge is 2.35. The molecule has 1 N–H and O–H groups in total. The summed E-state index contributed by atoms with van der Waals surface area (Å²) < 4.78 is 79.8. The third-order valence-electron chi connectivity index (χ3n) is 7.46. The zero-order valence-corrected chi connectivity index (χ0v) is 29.6. The van der Waals surface area contributed by atoms with Gasteiger partial charge in [-0.3, -0.25) is 4.79 Å². The molecule has 0 unspecified atom stereocenters. The fraction of sp³-hybridized carbons (Fsp3) is 0.324. The molecule has 4 aromatic rings. The predicted molar refractivity (Wildman–Crippen MR) is 180 cm³/mol. The van der Waals surface area contributed by atoms with Gasteiger partial charge in [0, 0.05) is 12.0 Å². The number of halogens is 3. The topological polar surface area (TPSA) is 167 Å². The Labute approximate surface area is 298 Å². The number of hydrazine groups is 1. The van der Waals surface area contributed by atoms with Crippen molar-refractivity contribution in [2.75, 3.05) is 20.4 Å². The Morgan fingerprint density at radius 1 is 1.00 bits per heavy atom. The molecule has 3 aromatic carbocycles. The standard InChI is InChI=1S/C34H37F3N6O8S/c1-23-11-13-25(14-12-23)29-20-30(34(35,36)37)38-42(29)26-15-17-28(18-16-26)52(47,48)39-32(45)49-21-27(19-24-9-7-6-8-10-24)41(5)43(46)40-51-22-50-31(44)33(2,3)4/h6-18,20,27H,19,21-22H2,1-5H3,(H,39,45)/b43-40-/t27-/m0/s1. The number of alkyl halides is 3. The van der Waals surface area contributed by atoms with Crippen molar-refractivity contribution in [3.8, 4) is 16.9 Å². The second-order valence-corrected chi connectivity index (χ2v) is 14.3. The van der Waals surface area contributed by atoms with Crippen LogP contribution in [0.2, 0.25) is 0 Å². The van der Waals surface area contributed by atoms with Crippen LogP contribution in [0.4, 0.5) is 18.0 Å². The van der Waals surface area contributed by atoms with Crippen LogP contribution < -0.4 is 4.72 Å². The minimum Gasteiger partial charge on any atom is -0.569 e. The Morgan fingerprint density at radius 2 is 1.63 bits per heavy atom. The van der Waals surface area contributed by atoms with Crippen LogP contribution >= 0.6 is 0 Å². The van der Waals surface area contributed by atoms with Gasteiger partial charge in [0.15, 0.2) is 5.69 Å². The average molecular weight is 747 g/mol. The average Bonchev–Trinajstić information content (AvgIpc) is 3.55. The van der Waals surface area contributed by atoms with Crippen molar-refractivity contribution >= 4 is 22.1 Å². The molecule has 18 heteroatoms. The molecule has 0 fully saturated rings. The monoisotopic (exact) mass is 746 g/mol. The van der Waals surface area contributed by atoms with Crippen LogP contribution in [0.25, 0.3) is 16.9 Å². The van der Waals surface area contributed by atoms with Gasteiger partial charge in [-0.2, -0.15) is 18.3 Å². The Hall–Kier alpha value is -5.65. The van der Waals surface area contributed by atoms with Crippen molar-refractivity contribution < 1.29 is 50.5 Å². The molecule has 0 aliphatic carbocycles. The van der Waals surface area contributed by atoms with E-state index in [2.05, 4.69) is 10.4 Å². The van der Waals surface area contributed by atoms with E-state index in [4.69, 9.17) is 14.3 Å². The van der Waals surface area contributed by atoms with Gasteiger partial charge in [0.05, 0.1) is 33.7 Å². The number of ether oxygens (including phenoxy) is 2. The lowest BCUT2D eigenvalue weighted by atomic mass is 9.98. The molecule has 0 saturated heterocycles. The van der Waals surface area contributed by atoms with Crippen LogP contribution in [0, 0.1) is 17.5 Å². The third-order valence-corrected chi connectivity index (χ3v) is 8.79. The Kier molecular flexibility index (Phi) is 12.1. The van der Waals surface area contributed by atoms with Crippen LogP contribution in [-0.2, 0) is 41.7 Å². The molecule has 278 valence electrons. The largest absolute Gasteiger partial charge is 0.569 e. The lowest BCUT2D eigenvalue weighted by molar-refractivity contribution is -0.714. The van der Waals surface area contributed by atoms with Crippen LogP contribution in [0.5, 0.6) is 0 Å². The molecule has 0 aliphatic heterocycles. The van der Waals surface area contributed by atoms with E-state index in [1.165, 1.54) is 19.2 Å². The number of carbonyl (C=O) groups excluding carboxylic acids is 2. The predicted octanol–water partition coefficient (Wildman–Crippen LogP) is 6.18. The summed E-state index contributed by atoms with van der Waals surface area (Å²) in [5, 5.41) is 20.8. The Balaban J connectivity index is 1.45. The van der Waals surface area contributed by atoms with Crippen molar-refractivity contribution in [1.29, 1.82) is 0 Å². The number of hydrogen-bond donors (Lipinski definition) is 1. The van der Waals surface area contributed by atoms with Crippen molar-refractivity contribution in [2.24, 2.45) is 10.7 Å². The summed E-state index contributed by atoms with van der Waals surface area (Å²) in [6, 6.07) is 20.3. The van der Waals surface area contributed by atoms with Crippen molar-refractivity contribution in [2.45, 2.75) is 51.2 Å². The van der Waals surface area contributed by atoms with Gasteiger partial charge in [-0.1, -0.05) is 60.2 Å². The van der Waals surface area contributed by atoms with E-state index < -0.39 is 58.8 Å². The molecular formula is C34H37F3N6O8S. The zero-order valence-electron chi connectivity index (χ0n) is 28.8. The minimum atomic E-state index is -4.73. The molecule has 0 aliphatic rings. The number of rotatable bonds is 13. The molecule has 0 radical (unpaired) electrons. The fourth-order valence-corrected chi connectivity index (χ4v) is 5.43. The molecule has 1 amide bonds. The summed E-state index contributed by atoms with van der Waals surface area (Å²) in [6.45, 7) is 5.62. The van der Waals surface area contributed by atoms with E-state index in [-0.39, 0.29) is 27.7 Å². The summed E-state index contributed by atoms with van der Waals surface area (Å²) >= 11 is 0. The number of nitrogens with one attached hydrogen (secondary N) is 1. The number of likely N-dealkylation sites (N-methyl/N-ethyl adjacent to an activating group) is 1. The molecule has 0 spiro atoms. The number of hydrogen-bond acceptors (Lipinski definition) is 10. The van der Waals surface area contributed by atoms with Gasteiger partial charge < -0.3 is 19.5 Å². The number of nitrogens with zero attached hydrogens (tertiary/aromatic N) is 5. The van der Waals surface area contributed by atoms with Crippen LogP contribution in [0.1, 0.15) is 37.6 Å². The number of esters is 1. The first-order valence-corrected chi connectivity index (χ1v) is 17.1. The van der Waals surface area contributed by atoms with E-state index in [1.807, 2.05) is 6.92 Å². The summed E-state index contributed by atoms with van der Waals surface area (Å²) in [5.41, 5.74) is 0.411. The number of carbonyl (C=O) groups is 2. The van der Waals surface area contributed by atoms with Gasteiger partial charge >= 0.3 is 18.2 Å². The third kappa shape index (κ3) is 10.4. The molecule has 0 saturated carbocycles. The van der Waals surface area contributed by atoms with Gasteiger partial charge in [0.25, 0.3) is 16.8 Å². The maximum atomic E-state index is 13.6. The molecule has 1 heterocycles. The SMILES string of the molecule is Cc1ccc(-c2cc(C(F)(F)F)nn2-c2ccc(S(=O)(=O)NC(=O)OC[C@H](Cc3ccccc3)N(C)/[N+]([O-])=N/OCOC(=O)C(C)(C)C)cc2)cc1. The van der Waals surface area contributed by atoms with Crippen LogP contribution in [-0.4, -0.2) is 66.7 Å². The van der Waals surface area contributed by atoms with E-state index in [0.29, 0.717) is 5.56 Å². The highest BCUT2D eigenvalue weighted by atomic mass is 32.2. The number of amides is 1. The maximum Gasteiger partial charge on any atom is 0.435 e. The van der Waals surface area contributed by atoms with Crippen molar-refractivity contribution in [3.63, 3.8) is 0 Å². The van der Waals surface area contributed by atoms with Crippen LogP contribution in [0.15, 0.2) is 95.1 Å². The number of sulfonamides is 1. The number of aryl methyl sites for hydroxylation is 1. The molecule has 0 bridgehead atoms. The zero-order chi connectivity index (χ0) is 38.3. The molecular weight excluding hydrogens is 709 g/mol. The minimum absolute atomic E-state index is 0.0552. The fourth-order valence-electron chi connectivity index (χ4n) is 4.53. The second-order valence-electron chi connectivity index (χ2n) is 12.6. The van der Waals surface area contributed by atoms with Gasteiger partial charge in [-0.25, -0.2) is 22.6 Å². The first-order valence-electron chi connectivity index (χ1n) is 15.6. The Bertz CT molecular complexity index is 1980. The highest BCUT2D eigenvalue weighted by Crippen LogP contribution is 2.33. The number of aromatic nitrogens is 2. The second kappa shape index (κ2) is 16.1. The quantitative estimate of drug-likeness (QED) is 0.0417. The van der Waals surface area contributed by atoms with Gasteiger partial charge in [0.1, 0.15) is 12.6 Å². The Morgan fingerprint density at radius 3 is 2.23 bits per heavy atom. The maximum absolute atomic E-state index is 13.6. The molecule has 4 rings (SSSR count). The van der Waals surface area contributed by atoms with Gasteiger partial charge in [-0.15, -0.1) is 5.01 Å².